The third-order valence-electron chi connectivity index (χ3n) is 8.47. The van der Waals surface area contributed by atoms with Gasteiger partial charge in [-0.25, -0.2) is 8.78 Å². The molecule has 4 aliphatic rings. The minimum absolute atomic E-state index is 0.0557. The molecule has 8 nitrogen and oxygen atoms in total. The van der Waals surface area contributed by atoms with E-state index in [1.165, 1.54) is 4.90 Å². The van der Waals surface area contributed by atoms with E-state index in [2.05, 4.69) is 16.8 Å². The number of primary amides is 1. The van der Waals surface area contributed by atoms with E-state index in [-0.39, 0.29) is 36.3 Å². The lowest BCUT2D eigenvalue weighted by Gasteiger charge is -2.35. The molecule has 1 saturated carbocycles. The van der Waals surface area contributed by atoms with Crippen LogP contribution in [-0.4, -0.2) is 92.3 Å². The first kappa shape index (κ1) is 25.1. The van der Waals surface area contributed by atoms with Gasteiger partial charge in [-0.2, -0.15) is 0 Å². The number of fused-ring (bicyclic) bond motifs is 1. The topological polar surface area (TPSA) is 96.2 Å². The quantitative estimate of drug-likeness (QED) is 0.636. The molecule has 2 N–H and O–H groups in total. The van der Waals surface area contributed by atoms with Gasteiger partial charge in [-0.1, -0.05) is 12.8 Å². The van der Waals surface area contributed by atoms with Gasteiger partial charge >= 0.3 is 0 Å². The maximum Gasteiger partial charge on any atom is 0.249 e. The molecule has 0 unspecified atom stereocenters. The normalized spacial score (nSPS) is 28.2. The van der Waals surface area contributed by atoms with Gasteiger partial charge in [0.05, 0.1) is 17.9 Å². The van der Waals surface area contributed by atoms with Crippen molar-refractivity contribution < 1.29 is 27.9 Å². The van der Waals surface area contributed by atoms with E-state index in [1.54, 1.807) is 6.07 Å². The average Bonchev–Trinajstić information content (AvgIpc) is 3.58. The number of piperazine rings is 1. The molecule has 196 valence electrons. The molecule has 36 heavy (non-hydrogen) atoms. The summed E-state index contributed by atoms with van der Waals surface area (Å²) < 4.78 is 33.1. The SMILES string of the molecule is CN1CCN(c2ccc(C(N)=O)c([C@@H](C(=O)N3C[C@@H](C(F)F)[C@H]4OCC(=O)[C@H]43)C3CCCC3)c2)CC1. The molecule has 3 aliphatic heterocycles. The lowest BCUT2D eigenvalue weighted by molar-refractivity contribution is -0.139. The Labute approximate surface area is 209 Å². The molecular formula is C26H34F2N4O4. The van der Waals surface area contributed by atoms with E-state index in [4.69, 9.17) is 10.5 Å². The summed E-state index contributed by atoms with van der Waals surface area (Å²) in [7, 11) is 2.07. The summed E-state index contributed by atoms with van der Waals surface area (Å²) in [5.74, 6) is -3.34. The fraction of sp³-hybridized carbons (Fsp3) is 0.654. The summed E-state index contributed by atoms with van der Waals surface area (Å²) in [6, 6.07) is 4.42. The predicted molar refractivity (Wildman–Crippen MR) is 129 cm³/mol. The van der Waals surface area contributed by atoms with Crippen molar-refractivity contribution in [3.8, 4) is 0 Å². The predicted octanol–water partition coefficient (Wildman–Crippen LogP) is 1.87. The van der Waals surface area contributed by atoms with Crippen molar-refractivity contribution in [2.24, 2.45) is 17.6 Å². The summed E-state index contributed by atoms with van der Waals surface area (Å²) >= 11 is 0. The molecule has 10 heteroatoms. The molecule has 0 aromatic heterocycles. The van der Waals surface area contributed by atoms with Crippen LogP contribution in [-0.2, 0) is 14.3 Å². The lowest BCUT2D eigenvalue weighted by atomic mass is 9.80. The highest BCUT2D eigenvalue weighted by atomic mass is 19.3. The fourth-order valence-electron chi connectivity index (χ4n) is 6.49. The van der Waals surface area contributed by atoms with Crippen molar-refractivity contribution in [3.63, 3.8) is 0 Å². The minimum Gasteiger partial charge on any atom is -0.369 e. The number of amides is 2. The zero-order chi connectivity index (χ0) is 25.6. The number of likely N-dealkylation sites (N-methyl/N-ethyl adjacent to an activating group) is 1. The molecule has 0 radical (unpaired) electrons. The maximum atomic E-state index is 14.2. The van der Waals surface area contributed by atoms with Gasteiger partial charge in [-0.15, -0.1) is 0 Å². The number of ketones is 1. The fourth-order valence-corrected chi connectivity index (χ4v) is 6.49. The Balaban J connectivity index is 1.54. The highest BCUT2D eigenvalue weighted by Gasteiger charge is 2.56. The number of anilines is 1. The van der Waals surface area contributed by atoms with Crippen LogP contribution in [0.4, 0.5) is 14.5 Å². The Hall–Kier alpha value is -2.59. The zero-order valence-corrected chi connectivity index (χ0v) is 20.6. The molecule has 0 spiro atoms. The Morgan fingerprint density at radius 2 is 1.81 bits per heavy atom. The number of likely N-dealkylation sites (tertiary alicyclic amines) is 1. The number of nitrogens with two attached hydrogens (primary N) is 1. The van der Waals surface area contributed by atoms with Crippen molar-refractivity contribution in [2.75, 3.05) is 51.3 Å². The summed E-state index contributed by atoms with van der Waals surface area (Å²) in [4.78, 5) is 45.1. The van der Waals surface area contributed by atoms with Crippen molar-refractivity contribution in [1.82, 2.24) is 9.80 Å². The van der Waals surface area contributed by atoms with E-state index in [9.17, 15) is 23.2 Å². The first-order valence-corrected chi connectivity index (χ1v) is 12.9. The van der Waals surface area contributed by atoms with Gasteiger partial charge < -0.3 is 25.2 Å². The number of rotatable bonds is 6. The number of alkyl halides is 2. The molecule has 1 aromatic carbocycles. The van der Waals surface area contributed by atoms with Gasteiger partial charge in [-0.3, -0.25) is 14.4 Å². The van der Waals surface area contributed by atoms with Crippen LogP contribution in [0, 0.1) is 11.8 Å². The Morgan fingerprint density at radius 1 is 1.11 bits per heavy atom. The molecule has 5 rings (SSSR count). The van der Waals surface area contributed by atoms with Crippen LogP contribution in [0.2, 0.25) is 0 Å². The summed E-state index contributed by atoms with van der Waals surface area (Å²) in [6.45, 7) is 2.92. The Morgan fingerprint density at radius 3 is 2.44 bits per heavy atom. The molecule has 4 fully saturated rings. The number of hydrogen-bond acceptors (Lipinski definition) is 6. The van der Waals surface area contributed by atoms with Crippen LogP contribution >= 0.6 is 0 Å². The van der Waals surface area contributed by atoms with E-state index in [0.29, 0.717) is 5.56 Å². The molecule has 3 heterocycles. The number of Topliss-reactive ketones (excluding diaryl/α,β-unsaturated/α-hetero) is 1. The van der Waals surface area contributed by atoms with Crippen molar-refractivity contribution in [3.05, 3.63) is 29.3 Å². The zero-order valence-electron chi connectivity index (χ0n) is 20.6. The van der Waals surface area contributed by atoms with Gasteiger partial charge in [0, 0.05) is 44.0 Å². The van der Waals surface area contributed by atoms with Gasteiger partial charge in [0.2, 0.25) is 18.2 Å². The number of nitrogens with zero attached hydrogens (tertiary/aromatic N) is 3. The highest BCUT2D eigenvalue weighted by molar-refractivity contribution is 5.99. The second-order valence-corrected chi connectivity index (χ2v) is 10.6. The van der Waals surface area contributed by atoms with Gasteiger partial charge in [0.1, 0.15) is 12.6 Å². The molecule has 1 aromatic rings. The van der Waals surface area contributed by atoms with E-state index < -0.39 is 36.3 Å². The van der Waals surface area contributed by atoms with Gasteiger partial charge in [0.15, 0.2) is 5.78 Å². The van der Waals surface area contributed by atoms with Crippen molar-refractivity contribution >= 4 is 23.3 Å². The summed E-state index contributed by atoms with van der Waals surface area (Å²) in [5.41, 5.74) is 7.48. The van der Waals surface area contributed by atoms with Crippen molar-refractivity contribution in [1.29, 1.82) is 0 Å². The largest absolute Gasteiger partial charge is 0.369 e. The Bertz CT molecular complexity index is 1020. The van der Waals surface area contributed by atoms with Crippen LogP contribution in [0.5, 0.6) is 0 Å². The van der Waals surface area contributed by atoms with E-state index in [0.717, 1.165) is 57.5 Å². The van der Waals surface area contributed by atoms with Crippen LogP contribution in [0.25, 0.3) is 0 Å². The maximum absolute atomic E-state index is 14.2. The molecule has 2 amide bonds. The second kappa shape index (κ2) is 10.0. The van der Waals surface area contributed by atoms with E-state index >= 15 is 0 Å². The first-order chi connectivity index (χ1) is 17.3. The monoisotopic (exact) mass is 504 g/mol. The number of benzene rings is 1. The van der Waals surface area contributed by atoms with Crippen LogP contribution < -0.4 is 10.6 Å². The molecule has 0 bridgehead atoms. The third-order valence-corrected chi connectivity index (χ3v) is 8.47. The third kappa shape index (κ3) is 4.49. The van der Waals surface area contributed by atoms with Crippen LogP contribution in [0.1, 0.15) is 47.5 Å². The van der Waals surface area contributed by atoms with Crippen molar-refractivity contribution in [2.45, 2.75) is 50.2 Å². The molecule has 4 atom stereocenters. The number of carbonyl (C=O) groups excluding carboxylic acids is 3. The molecule has 1 aliphatic carbocycles. The average molecular weight is 505 g/mol. The van der Waals surface area contributed by atoms with Crippen LogP contribution in [0.3, 0.4) is 0 Å². The summed E-state index contributed by atoms with van der Waals surface area (Å²) in [5, 5.41) is 0. The lowest BCUT2D eigenvalue weighted by Crippen LogP contribution is -2.46. The molecule has 3 saturated heterocycles. The van der Waals surface area contributed by atoms with Crippen LogP contribution in [0.15, 0.2) is 18.2 Å². The minimum atomic E-state index is -2.70. The van der Waals surface area contributed by atoms with E-state index in [1.807, 2.05) is 12.1 Å². The molecular weight excluding hydrogens is 470 g/mol. The number of halogens is 2. The highest BCUT2D eigenvalue weighted by Crippen LogP contribution is 2.44. The standard InChI is InChI=1S/C26H34F2N4O4/c1-30-8-10-31(11-9-30)16-6-7-17(25(29)34)18(12-16)21(15-4-2-3-5-15)26(35)32-13-19(24(27)28)23-22(32)20(33)14-36-23/h6-7,12,15,19,21-24H,2-5,8-11,13-14H2,1H3,(H2,29,34)/t19-,21+,22-,23-/m1/s1. The number of hydrogen-bond donors (Lipinski definition) is 1. The summed E-state index contributed by atoms with van der Waals surface area (Å²) in [6.07, 6.45) is -0.208. The second-order valence-electron chi connectivity index (χ2n) is 10.6. The first-order valence-electron chi connectivity index (χ1n) is 12.9. The van der Waals surface area contributed by atoms with Gasteiger partial charge in [0.25, 0.3) is 0 Å². The number of ether oxygens (including phenoxy) is 1. The number of carbonyl (C=O) groups is 3. The Kier molecular flexibility index (Phi) is 7.00. The smallest absolute Gasteiger partial charge is 0.249 e. The van der Waals surface area contributed by atoms with Gasteiger partial charge in [-0.05, 0) is 49.6 Å².